The molecule has 0 aromatic heterocycles. The van der Waals surface area contributed by atoms with Crippen molar-refractivity contribution in [1.82, 2.24) is 9.62 Å². The lowest BCUT2D eigenvalue weighted by Crippen LogP contribution is -2.29. The second-order valence-electron chi connectivity index (χ2n) is 6.81. The van der Waals surface area contributed by atoms with E-state index in [1.54, 1.807) is 12.1 Å². The number of carbonyl (C=O) groups excluding carboxylic acids is 1. The zero-order valence-electron chi connectivity index (χ0n) is 16.0. The van der Waals surface area contributed by atoms with Crippen LogP contribution in [0.1, 0.15) is 24.0 Å². The third-order valence-electron chi connectivity index (χ3n) is 4.67. The van der Waals surface area contributed by atoms with E-state index < -0.39 is 40.0 Å². The van der Waals surface area contributed by atoms with Crippen LogP contribution in [0, 0.1) is 0 Å². The number of hydrogen-bond acceptors (Lipinski definition) is 4. The number of alkyl halides is 3. The number of amides is 1. The summed E-state index contributed by atoms with van der Waals surface area (Å²) in [7, 11) is -3.51. The average Bonchev–Trinajstić information content (AvgIpc) is 3.26. The molecule has 0 unspecified atom stereocenters. The van der Waals surface area contributed by atoms with Crippen molar-refractivity contribution >= 4 is 15.9 Å². The largest absolute Gasteiger partial charge is 0.483 e. The molecule has 1 N–H and O–H groups in total. The minimum Gasteiger partial charge on any atom is -0.483 e. The van der Waals surface area contributed by atoms with Crippen LogP contribution in [-0.2, 0) is 27.5 Å². The van der Waals surface area contributed by atoms with Crippen LogP contribution in [0.4, 0.5) is 13.2 Å². The summed E-state index contributed by atoms with van der Waals surface area (Å²) in [5.74, 6) is -1.02. The molecule has 0 aliphatic carbocycles. The number of nitrogens with zero attached hydrogens (tertiary/aromatic N) is 1. The van der Waals surface area contributed by atoms with Gasteiger partial charge in [-0.15, -0.1) is 0 Å². The molecule has 10 heteroatoms. The van der Waals surface area contributed by atoms with E-state index in [1.807, 2.05) is 0 Å². The first kappa shape index (κ1) is 22.1. The van der Waals surface area contributed by atoms with E-state index in [-0.39, 0.29) is 11.4 Å². The standard InChI is InChI=1S/C20H21F3N2O4S/c21-20(22,23)17-5-1-2-6-18(17)29-14-19(26)24-13-15-7-9-16(10-8-15)30(27,28)25-11-3-4-12-25/h1-2,5-10H,3-4,11-14H2,(H,24,26). The Labute approximate surface area is 172 Å². The van der Waals surface area contributed by atoms with Crippen LogP contribution >= 0.6 is 0 Å². The average molecular weight is 442 g/mol. The van der Waals surface area contributed by atoms with Crippen LogP contribution in [0.25, 0.3) is 0 Å². The maximum Gasteiger partial charge on any atom is 0.419 e. The molecule has 1 aliphatic heterocycles. The van der Waals surface area contributed by atoms with Crippen LogP contribution < -0.4 is 10.1 Å². The fourth-order valence-corrected chi connectivity index (χ4v) is 4.60. The maximum absolute atomic E-state index is 12.9. The summed E-state index contributed by atoms with van der Waals surface area (Å²) in [6.45, 7) is 0.539. The number of hydrogen-bond donors (Lipinski definition) is 1. The first-order valence-corrected chi connectivity index (χ1v) is 10.8. The molecule has 1 amide bonds. The first-order valence-electron chi connectivity index (χ1n) is 9.33. The Kier molecular flexibility index (Phi) is 6.67. The summed E-state index contributed by atoms with van der Waals surface area (Å²) in [6, 6.07) is 10.8. The quantitative estimate of drug-likeness (QED) is 0.715. The molecule has 0 radical (unpaired) electrons. The molecule has 2 aromatic rings. The van der Waals surface area contributed by atoms with Gasteiger partial charge in [0.05, 0.1) is 10.5 Å². The molecule has 1 aliphatic rings. The number of ether oxygens (including phenoxy) is 1. The van der Waals surface area contributed by atoms with Gasteiger partial charge in [0.15, 0.2) is 6.61 Å². The normalized spacial score (nSPS) is 15.2. The number of para-hydroxylation sites is 1. The summed E-state index contributed by atoms with van der Waals surface area (Å²) < 4.78 is 70.2. The third-order valence-corrected chi connectivity index (χ3v) is 6.58. The van der Waals surface area contributed by atoms with Gasteiger partial charge < -0.3 is 10.1 Å². The molecule has 6 nitrogen and oxygen atoms in total. The van der Waals surface area contributed by atoms with Crippen molar-refractivity contribution in [2.45, 2.75) is 30.5 Å². The van der Waals surface area contributed by atoms with Crippen molar-refractivity contribution in [2.75, 3.05) is 19.7 Å². The zero-order valence-corrected chi connectivity index (χ0v) is 16.8. The van der Waals surface area contributed by atoms with Crippen molar-refractivity contribution in [3.8, 4) is 5.75 Å². The van der Waals surface area contributed by atoms with Gasteiger partial charge in [0.1, 0.15) is 5.75 Å². The predicted octanol–water partition coefficient (Wildman–Crippen LogP) is 3.19. The highest BCUT2D eigenvalue weighted by atomic mass is 32.2. The van der Waals surface area contributed by atoms with Gasteiger partial charge >= 0.3 is 6.18 Å². The summed E-state index contributed by atoms with van der Waals surface area (Å²) in [5.41, 5.74) is -0.299. The molecule has 1 saturated heterocycles. The van der Waals surface area contributed by atoms with Crippen LogP contribution in [0.15, 0.2) is 53.4 Å². The van der Waals surface area contributed by atoms with Crippen LogP contribution in [0.5, 0.6) is 5.75 Å². The molecule has 1 heterocycles. The smallest absolute Gasteiger partial charge is 0.419 e. The van der Waals surface area contributed by atoms with E-state index in [9.17, 15) is 26.4 Å². The number of halogens is 3. The monoisotopic (exact) mass is 442 g/mol. The van der Waals surface area contributed by atoms with Crippen LogP contribution in [0.3, 0.4) is 0 Å². The molecule has 162 valence electrons. The molecule has 3 rings (SSSR count). The molecule has 0 spiro atoms. The maximum atomic E-state index is 12.9. The number of benzene rings is 2. The van der Waals surface area contributed by atoms with Gasteiger partial charge in [0.2, 0.25) is 10.0 Å². The second kappa shape index (κ2) is 9.05. The van der Waals surface area contributed by atoms with Gasteiger partial charge in [0, 0.05) is 19.6 Å². The Morgan fingerprint density at radius 3 is 2.30 bits per heavy atom. The molecule has 1 fully saturated rings. The lowest BCUT2D eigenvalue weighted by Gasteiger charge is -2.16. The van der Waals surface area contributed by atoms with E-state index in [0.29, 0.717) is 18.7 Å². The number of rotatable bonds is 7. The minimum absolute atomic E-state index is 0.0904. The highest BCUT2D eigenvalue weighted by Crippen LogP contribution is 2.35. The molecule has 2 aromatic carbocycles. The highest BCUT2D eigenvalue weighted by molar-refractivity contribution is 7.89. The van der Waals surface area contributed by atoms with Gasteiger partial charge in [-0.3, -0.25) is 4.79 Å². The molecular formula is C20H21F3N2O4S. The van der Waals surface area contributed by atoms with Crippen molar-refractivity contribution in [3.05, 3.63) is 59.7 Å². The second-order valence-corrected chi connectivity index (χ2v) is 8.75. The van der Waals surface area contributed by atoms with Gasteiger partial charge in [-0.1, -0.05) is 24.3 Å². The molecular weight excluding hydrogens is 421 g/mol. The van der Waals surface area contributed by atoms with E-state index in [1.165, 1.54) is 28.6 Å². The number of nitrogens with one attached hydrogen (secondary N) is 1. The lowest BCUT2D eigenvalue weighted by atomic mass is 10.2. The first-order chi connectivity index (χ1) is 14.2. The molecule has 30 heavy (non-hydrogen) atoms. The van der Waals surface area contributed by atoms with Crippen molar-refractivity contribution < 1.29 is 31.1 Å². The summed E-state index contributed by atoms with van der Waals surface area (Å²) in [6.07, 6.45) is -2.89. The number of carbonyl (C=O) groups is 1. The van der Waals surface area contributed by atoms with Gasteiger partial charge in [-0.25, -0.2) is 8.42 Å². The Bertz CT molecular complexity index is 986. The Balaban J connectivity index is 1.53. The van der Waals surface area contributed by atoms with Crippen LogP contribution in [-0.4, -0.2) is 38.3 Å². The molecule has 0 atom stereocenters. The van der Waals surface area contributed by atoms with Gasteiger partial charge in [-0.2, -0.15) is 17.5 Å². The summed E-state index contributed by atoms with van der Waals surface area (Å²) in [4.78, 5) is 12.1. The van der Waals surface area contributed by atoms with Crippen molar-refractivity contribution in [2.24, 2.45) is 0 Å². The Morgan fingerprint density at radius 2 is 1.67 bits per heavy atom. The molecule has 0 saturated carbocycles. The fourth-order valence-electron chi connectivity index (χ4n) is 3.08. The van der Waals surface area contributed by atoms with Crippen molar-refractivity contribution in [1.29, 1.82) is 0 Å². The van der Waals surface area contributed by atoms with Crippen LogP contribution in [0.2, 0.25) is 0 Å². The number of sulfonamides is 1. The summed E-state index contributed by atoms with van der Waals surface area (Å²) >= 11 is 0. The van der Waals surface area contributed by atoms with E-state index >= 15 is 0 Å². The minimum atomic E-state index is -4.58. The Hall–Kier alpha value is -2.59. The van der Waals surface area contributed by atoms with Gasteiger partial charge in [-0.05, 0) is 42.7 Å². The zero-order chi connectivity index (χ0) is 21.8. The van der Waals surface area contributed by atoms with E-state index in [2.05, 4.69) is 5.32 Å². The summed E-state index contributed by atoms with van der Waals surface area (Å²) in [5, 5.41) is 2.54. The highest BCUT2D eigenvalue weighted by Gasteiger charge is 2.34. The van der Waals surface area contributed by atoms with Gasteiger partial charge in [0.25, 0.3) is 5.91 Å². The topological polar surface area (TPSA) is 75.7 Å². The van der Waals surface area contributed by atoms with E-state index in [0.717, 1.165) is 25.0 Å². The SMILES string of the molecule is O=C(COc1ccccc1C(F)(F)F)NCc1ccc(S(=O)(=O)N2CCCC2)cc1. The fraction of sp³-hybridized carbons (Fsp3) is 0.350. The Morgan fingerprint density at radius 1 is 1.03 bits per heavy atom. The predicted molar refractivity (Wildman–Crippen MR) is 103 cm³/mol. The third kappa shape index (κ3) is 5.31. The van der Waals surface area contributed by atoms with E-state index in [4.69, 9.17) is 4.74 Å². The lowest BCUT2D eigenvalue weighted by molar-refractivity contribution is -0.139. The molecule has 0 bridgehead atoms. The van der Waals surface area contributed by atoms with Crippen molar-refractivity contribution in [3.63, 3.8) is 0 Å².